The number of aryl methyl sites for hydroxylation is 3. The van der Waals surface area contributed by atoms with Crippen molar-refractivity contribution in [3.05, 3.63) is 106 Å². The summed E-state index contributed by atoms with van der Waals surface area (Å²) in [7, 11) is -0.230. The molecule has 206 valence electrons. The van der Waals surface area contributed by atoms with E-state index < -0.39 is 15.4 Å². The van der Waals surface area contributed by atoms with E-state index in [1.54, 1.807) is 42.3 Å². The lowest BCUT2D eigenvalue weighted by Crippen LogP contribution is -2.36. The molecule has 40 heavy (non-hydrogen) atoms. The first-order valence-corrected chi connectivity index (χ1v) is 14.7. The van der Waals surface area contributed by atoms with Crippen molar-refractivity contribution in [3.63, 3.8) is 0 Å². The van der Waals surface area contributed by atoms with Gasteiger partial charge >= 0.3 is 0 Å². The molecule has 6 rings (SSSR count). The van der Waals surface area contributed by atoms with Gasteiger partial charge in [0.15, 0.2) is 0 Å². The second kappa shape index (κ2) is 9.57. The van der Waals surface area contributed by atoms with Crippen LogP contribution in [0.15, 0.2) is 82.9 Å². The Bertz CT molecular complexity index is 1900. The first-order chi connectivity index (χ1) is 19.1. The van der Waals surface area contributed by atoms with E-state index in [9.17, 15) is 13.2 Å². The third-order valence-electron chi connectivity index (χ3n) is 8.31. The molecule has 0 radical (unpaired) electrons. The molecule has 0 amide bonds. The third-order valence-corrected chi connectivity index (χ3v) is 10.3. The van der Waals surface area contributed by atoms with Gasteiger partial charge in [-0.15, -0.1) is 0 Å². The van der Waals surface area contributed by atoms with Crippen molar-refractivity contribution < 1.29 is 8.42 Å². The lowest BCUT2D eigenvalue weighted by Gasteiger charge is -2.32. The molecule has 0 N–H and O–H groups in total. The van der Waals surface area contributed by atoms with Gasteiger partial charge in [0.05, 0.1) is 29.3 Å². The molecule has 4 heterocycles. The Hall–Kier alpha value is -4.02. The standard InChI is InChI=1S/C30H32N6O3S/c1-21-14-27-24(17-32-36(27)25-10-11-29(37)33(3)19-25)15-26(21)30(16-23-8-6-5-7-9-23)12-13-35(20-30)40(38,39)28-18-31-34(4)22(28)2/h5-11,14-15,17-19H,12-13,16,20H2,1-4H3. The van der Waals surface area contributed by atoms with Crippen LogP contribution in [0.3, 0.4) is 0 Å². The van der Waals surface area contributed by atoms with E-state index in [0.29, 0.717) is 31.6 Å². The number of hydrogen-bond acceptors (Lipinski definition) is 5. The zero-order valence-corrected chi connectivity index (χ0v) is 23.9. The summed E-state index contributed by atoms with van der Waals surface area (Å²) < 4.78 is 34.2. The second-order valence-corrected chi connectivity index (χ2v) is 12.8. The van der Waals surface area contributed by atoms with E-state index in [1.807, 2.05) is 29.1 Å². The highest BCUT2D eigenvalue weighted by Gasteiger charge is 2.45. The SMILES string of the molecule is Cc1cc2c(cnn2-c2ccc(=O)n(C)c2)cc1C1(Cc2ccccc2)CCN(S(=O)(=O)c2cnn(C)c2C)C1. The van der Waals surface area contributed by atoms with Gasteiger partial charge in [-0.3, -0.25) is 9.48 Å². The van der Waals surface area contributed by atoms with Crippen molar-refractivity contribution in [1.82, 2.24) is 28.4 Å². The number of benzene rings is 2. The summed E-state index contributed by atoms with van der Waals surface area (Å²) in [5.74, 6) is 0. The summed E-state index contributed by atoms with van der Waals surface area (Å²) in [5, 5.41) is 9.79. The predicted octanol–water partition coefficient (Wildman–Crippen LogP) is 3.65. The molecule has 1 unspecified atom stereocenters. The van der Waals surface area contributed by atoms with Crippen LogP contribution >= 0.6 is 0 Å². The monoisotopic (exact) mass is 556 g/mol. The maximum Gasteiger partial charge on any atom is 0.250 e. The second-order valence-electron chi connectivity index (χ2n) is 10.9. The summed E-state index contributed by atoms with van der Waals surface area (Å²) in [6.07, 6.45) is 6.47. The van der Waals surface area contributed by atoms with Gasteiger partial charge in [-0.25, -0.2) is 13.1 Å². The van der Waals surface area contributed by atoms with Gasteiger partial charge < -0.3 is 4.57 Å². The van der Waals surface area contributed by atoms with Crippen LogP contribution in [-0.2, 0) is 36.0 Å². The lowest BCUT2D eigenvalue weighted by molar-refractivity contribution is 0.413. The number of nitrogens with zero attached hydrogens (tertiary/aromatic N) is 6. The van der Waals surface area contributed by atoms with Crippen LogP contribution in [0.4, 0.5) is 0 Å². The Morgan fingerprint density at radius 1 is 0.975 bits per heavy atom. The Morgan fingerprint density at radius 2 is 1.75 bits per heavy atom. The van der Waals surface area contributed by atoms with E-state index >= 15 is 0 Å². The van der Waals surface area contributed by atoms with Crippen molar-refractivity contribution >= 4 is 20.9 Å². The number of aromatic nitrogens is 5. The molecule has 0 aliphatic carbocycles. The van der Waals surface area contributed by atoms with Crippen LogP contribution in [0.1, 0.15) is 28.8 Å². The van der Waals surface area contributed by atoms with E-state index in [0.717, 1.165) is 27.7 Å². The van der Waals surface area contributed by atoms with Gasteiger partial charge in [0.25, 0.3) is 0 Å². The third kappa shape index (κ3) is 4.28. The van der Waals surface area contributed by atoms with Crippen molar-refractivity contribution in [1.29, 1.82) is 0 Å². The molecule has 0 saturated carbocycles. The van der Waals surface area contributed by atoms with Crippen LogP contribution in [0.2, 0.25) is 0 Å². The molecule has 1 fully saturated rings. The zero-order chi connectivity index (χ0) is 28.2. The molecule has 3 aromatic heterocycles. The highest BCUT2D eigenvalue weighted by molar-refractivity contribution is 7.89. The quantitative estimate of drug-likeness (QED) is 0.318. The van der Waals surface area contributed by atoms with Crippen LogP contribution in [0, 0.1) is 13.8 Å². The van der Waals surface area contributed by atoms with E-state index in [-0.39, 0.29) is 10.5 Å². The number of rotatable bonds is 6. The summed E-state index contributed by atoms with van der Waals surface area (Å²) in [4.78, 5) is 12.2. The summed E-state index contributed by atoms with van der Waals surface area (Å²) in [6.45, 7) is 4.67. The Kier molecular flexibility index (Phi) is 6.27. The van der Waals surface area contributed by atoms with Gasteiger partial charge in [-0.2, -0.15) is 14.5 Å². The van der Waals surface area contributed by atoms with Gasteiger partial charge in [0.1, 0.15) is 4.90 Å². The largest absolute Gasteiger partial charge is 0.316 e. The minimum Gasteiger partial charge on any atom is -0.316 e. The van der Waals surface area contributed by atoms with Crippen LogP contribution in [0.25, 0.3) is 16.6 Å². The van der Waals surface area contributed by atoms with E-state index in [2.05, 4.69) is 41.4 Å². The molecule has 10 heteroatoms. The normalized spacial score (nSPS) is 18.1. The van der Waals surface area contributed by atoms with Crippen molar-refractivity contribution in [2.24, 2.45) is 14.1 Å². The maximum atomic E-state index is 13.8. The van der Waals surface area contributed by atoms with Gasteiger partial charge in [-0.1, -0.05) is 30.3 Å². The van der Waals surface area contributed by atoms with Crippen molar-refractivity contribution in [2.45, 2.75) is 37.0 Å². The summed E-state index contributed by atoms with van der Waals surface area (Å²) in [6, 6.07) is 17.9. The highest BCUT2D eigenvalue weighted by Crippen LogP contribution is 2.43. The fraction of sp³-hybridized carbons (Fsp3) is 0.300. The number of sulfonamides is 1. The number of hydrogen-bond donors (Lipinski definition) is 0. The predicted molar refractivity (Wildman–Crippen MR) is 154 cm³/mol. The topological polar surface area (TPSA) is 95.0 Å². The molecule has 1 atom stereocenters. The molecule has 1 saturated heterocycles. The number of pyridine rings is 1. The molecular weight excluding hydrogens is 524 g/mol. The van der Waals surface area contributed by atoms with Gasteiger partial charge in [0.2, 0.25) is 15.6 Å². The van der Waals surface area contributed by atoms with E-state index in [1.165, 1.54) is 22.4 Å². The molecule has 0 bridgehead atoms. The first-order valence-electron chi connectivity index (χ1n) is 13.3. The molecule has 1 aliphatic heterocycles. The minimum atomic E-state index is -3.71. The fourth-order valence-corrected chi connectivity index (χ4v) is 7.73. The smallest absolute Gasteiger partial charge is 0.250 e. The maximum absolute atomic E-state index is 13.8. The average molecular weight is 557 g/mol. The fourth-order valence-electron chi connectivity index (χ4n) is 6.02. The van der Waals surface area contributed by atoms with Crippen LogP contribution in [-0.4, -0.2) is 49.9 Å². The molecule has 0 spiro atoms. The molecule has 2 aromatic carbocycles. The summed E-state index contributed by atoms with van der Waals surface area (Å²) in [5.41, 5.74) is 5.24. The van der Waals surface area contributed by atoms with Crippen molar-refractivity contribution in [3.8, 4) is 5.69 Å². The molecule has 1 aliphatic rings. The molecular formula is C30H32N6O3S. The van der Waals surface area contributed by atoms with Gasteiger partial charge in [-0.05, 0) is 61.6 Å². The Labute approximate surface area is 233 Å². The number of fused-ring (bicyclic) bond motifs is 1. The summed E-state index contributed by atoms with van der Waals surface area (Å²) >= 11 is 0. The van der Waals surface area contributed by atoms with Crippen LogP contribution < -0.4 is 5.56 Å². The Morgan fingerprint density at radius 3 is 2.45 bits per heavy atom. The highest BCUT2D eigenvalue weighted by atomic mass is 32.2. The lowest BCUT2D eigenvalue weighted by atomic mass is 9.73. The first kappa shape index (κ1) is 26.2. The van der Waals surface area contributed by atoms with E-state index in [4.69, 9.17) is 0 Å². The van der Waals surface area contributed by atoms with Gasteiger partial charge in [0, 0.05) is 50.2 Å². The van der Waals surface area contributed by atoms with Crippen molar-refractivity contribution in [2.75, 3.05) is 13.1 Å². The molecule has 5 aromatic rings. The minimum absolute atomic E-state index is 0.0799. The average Bonchev–Trinajstić information content (AvgIpc) is 3.64. The van der Waals surface area contributed by atoms with Crippen LogP contribution in [0.5, 0.6) is 0 Å². The Balaban J connectivity index is 1.45. The zero-order valence-electron chi connectivity index (χ0n) is 23.1. The molecule has 9 nitrogen and oxygen atoms in total.